The third kappa shape index (κ3) is 2.32. The smallest absolute Gasteiger partial charge is 0.270 e. The number of hydrogen-bond acceptors (Lipinski definition) is 5. The molecule has 1 aliphatic rings. The number of rotatable bonds is 3. The van der Waals surface area contributed by atoms with Crippen LogP contribution in [0, 0.1) is 21.4 Å². The van der Waals surface area contributed by atoms with Crippen molar-refractivity contribution in [1.82, 2.24) is 4.90 Å². The normalized spacial score (nSPS) is 12.9. The number of benzene rings is 2. The maximum atomic E-state index is 12.4. The Morgan fingerprint density at radius 2 is 1.78 bits per heavy atom. The molecule has 0 saturated carbocycles. The molecule has 7 nitrogen and oxygen atoms in total. The minimum absolute atomic E-state index is 0.0126. The number of carbonyl (C=O) groups excluding carboxylic acids is 2. The summed E-state index contributed by atoms with van der Waals surface area (Å²) in [5.74, 6) is -1.12. The average molecular weight is 307 g/mol. The molecule has 2 aromatic rings. The SMILES string of the molecule is N#Cc1ccccc1CN1C(=O)c2ccc([N+](=O)[O-])cc2C1=O. The summed E-state index contributed by atoms with van der Waals surface area (Å²) in [6.45, 7) is -0.0517. The number of nitriles is 1. The minimum Gasteiger partial charge on any atom is -0.270 e. The van der Waals surface area contributed by atoms with Gasteiger partial charge in [-0.25, -0.2) is 0 Å². The second kappa shape index (κ2) is 5.35. The first-order valence-electron chi connectivity index (χ1n) is 6.65. The Labute approximate surface area is 130 Å². The molecule has 0 saturated heterocycles. The van der Waals surface area contributed by atoms with E-state index in [2.05, 4.69) is 0 Å². The van der Waals surface area contributed by atoms with Crippen molar-refractivity contribution in [3.05, 3.63) is 74.8 Å². The molecule has 2 aromatic carbocycles. The molecule has 1 aliphatic heterocycles. The first kappa shape index (κ1) is 14.4. The second-order valence-corrected chi connectivity index (χ2v) is 4.95. The molecule has 0 fully saturated rings. The highest BCUT2D eigenvalue weighted by Crippen LogP contribution is 2.28. The van der Waals surface area contributed by atoms with Gasteiger partial charge in [0.2, 0.25) is 0 Å². The minimum atomic E-state index is -0.619. The van der Waals surface area contributed by atoms with Gasteiger partial charge in [-0.3, -0.25) is 24.6 Å². The number of carbonyl (C=O) groups is 2. The van der Waals surface area contributed by atoms with Crippen molar-refractivity contribution in [2.45, 2.75) is 6.54 Å². The molecule has 0 radical (unpaired) electrons. The van der Waals surface area contributed by atoms with Gasteiger partial charge in [-0.15, -0.1) is 0 Å². The molecule has 0 unspecified atom stereocenters. The van der Waals surface area contributed by atoms with Gasteiger partial charge in [0, 0.05) is 12.1 Å². The first-order valence-corrected chi connectivity index (χ1v) is 6.65. The lowest BCUT2D eigenvalue weighted by Crippen LogP contribution is -2.29. The fourth-order valence-corrected chi connectivity index (χ4v) is 2.47. The van der Waals surface area contributed by atoms with E-state index in [9.17, 15) is 19.7 Å². The number of amides is 2. The van der Waals surface area contributed by atoms with E-state index < -0.39 is 16.7 Å². The van der Waals surface area contributed by atoms with Gasteiger partial charge in [0.15, 0.2) is 0 Å². The monoisotopic (exact) mass is 307 g/mol. The molecule has 0 spiro atoms. The van der Waals surface area contributed by atoms with Crippen LogP contribution in [0.1, 0.15) is 31.8 Å². The zero-order chi connectivity index (χ0) is 16.6. The molecule has 0 N–H and O–H groups in total. The van der Waals surface area contributed by atoms with Gasteiger partial charge < -0.3 is 0 Å². The highest BCUT2D eigenvalue weighted by Gasteiger charge is 2.36. The third-order valence-electron chi connectivity index (χ3n) is 3.63. The lowest BCUT2D eigenvalue weighted by molar-refractivity contribution is -0.384. The Morgan fingerprint density at radius 1 is 1.09 bits per heavy atom. The van der Waals surface area contributed by atoms with Gasteiger partial charge in [-0.1, -0.05) is 18.2 Å². The Hall–Kier alpha value is -3.53. The van der Waals surface area contributed by atoms with Crippen LogP contribution in [0.15, 0.2) is 42.5 Å². The summed E-state index contributed by atoms with van der Waals surface area (Å²) in [6, 6.07) is 12.2. The van der Waals surface area contributed by atoms with E-state index in [0.29, 0.717) is 11.1 Å². The predicted octanol–water partition coefficient (Wildman–Crippen LogP) is 2.26. The largest absolute Gasteiger partial charge is 0.270 e. The van der Waals surface area contributed by atoms with Crippen LogP contribution in [0.2, 0.25) is 0 Å². The number of fused-ring (bicyclic) bond motifs is 1. The number of hydrogen-bond donors (Lipinski definition) is 0. The molecule has 1 heterocycles. The van der Waals surface area contributed by atoms with Gasteiger partial charge in [-0.2, -0.15) is 5.26 Å². The van der Waals surface area contributed by atoms with Crippen molar-refractivity contribution in [3.8, 4) is 6.07 Å². The highest BCUT2D eigenvalue weighted by atomic mass is 16.6. The van der Waals surface area contributed by atoms with Crippen molar-refractivity contribution in [2.24, 2.45) is 0 Å². The van der Waals surface area contributed by atoms with Gasteiger partial charge >= 0.3 is 0 Å². The van der Waals surface area contributed by atoms with Gasteiger partial charge in [0.1, 0.15) is 0 Å². The summed E-state index contributed by atoms with van der Waals surface area (Å²) < 4.78 is 0. The summed E-state index contributed by atoms with van der Waals surface area (Å²) in [6.07, 6.45) is 0. The molecular formula is C16H9N3O4. The van der Waals surface area contributed by atoms with Crippen LogP contribution in [0.3, 0.4) is 0 Å². The molecule has 2 amide bonds. The maximum absolute atomic E-state index is 12.4. The Morgan fingerprint density at radius 3 is 2.48 bits per heavy atom. The lowest BCUT2D eigenvalue weighted by atomic mass is 10.1. The van der Waals surface area contributed by atoms with Crippen molar-refractivity contribution >= 4 is 17.5 Å². The molecule has 7 heteroatoms. The Kier molecular flexibility index (Phi) is 3.35. The number of nitro benzene ring substituents is 1. The van der Waals surface area contributed by atoms with E-state index in [1.807, 2.05) is 6.07 Å². The summed E-state index contributed by atoms with van der Waals surface area (Å²) in [5.41, 5.74) is 0.812. The average Bonchev–Trinajstić information content (AvgIpc) is 2.80. The second-order valence-electron chi connectivity index (χ2n) is 4.95. The maximum Gasteiger partial charge on any atom is 0.270 e. The van der Waals surface area contributed by atoms with Crippen molar-refractivity contribution in [1.29, 1.82) is 5.26 Å². The van der Waals surface area contributed by atoms with E-state index in [0.717, 1.165) is 11.0 Å². The number of non-ortho nitro benzene ring substituents is 1. The topological polar surface area (TPSA) is 104 Å². The van der Waals surface area contributed by atoms with Gasteiger partial charge in [0.25, 0.3) is 17.5 Å². The fourth-order valence-electron chi connectivity index (χ4n) is 2.47. The van der Waals surface area contributed by atoms with Crippen LogP contribution >= 0.6 is 0 Å². The van der Waals surface area contributed by atoms with Crippen LogP contribution in [0.25, 0.3) is 0 Å². The molecule has 23 heavy (non-hydrogen) atoms. The highest BCUT2D eigenvalue weighted by molar-refractivity contribution is 6.21. The van der Waals surface area contributed by atoms with E-state index in [4.69, 9.17) is 5.26 Å². The summed E-state index contributed by atoms with van der Waals surface area (Å²) in [5, 5.41) is 19.9. The first-order chi connectivity index (χ1) is 11.0. The molecule has 0 atom stereocenters. The number of nitro groups is 1. The molecule has 0 aromatic heterocycles. The predicted molar refractivity (Wildman–Crippen MR) is 78.5 cm³/mol. The summed E-state index contributed by atoms with van der Waals surface area (Å²) in [4.78, 5) is 35.9. The van der Waals surface area contributed by atoms with Gasteiger partial charge in [0.05, 0.1) is 34.2 Å². The van der Waals surface area contributed by atoms with Crippen LogP contribution < -0.4 is 0 Å². The van der Waals surface area contributed by atoms with Crippen molar-refractivity contribution in [3.63, 3.8) is 0 Å². The van der Waals surface area contributed by atoms with Crippen molar-refractivity contribution < 1.29 is 14.5 Å². The zero-order valence-corrected chi connectivity index (χ0v) is 11.7. The van der Waals surface area contributed by atoms with Crippen LogP contribution in [-0.2, 0) is 6.54 Å². The van der Waals surface area contributed by atoms with E-state index >= 15 is 0 Å². The van der Waals surface area contributed by atoms with Crippen LogP contribution in [-0.4, -0.2) is 21.6 Å². The molecule has 0 aliphatic carbocycles. The third-order valence-corrected chi connectivity index (χ3v) is 3.63. The lowest BCUT2D eigenvalue weighted by Gasteiger charge is -2.14. The Balaban J connectivity index is 1.97. The van der Waals surface area contributed by atoms with Gasteiger partial charge in [-0.05, 0) is 17.7 Å². The summed E-state index contributed by atoms with van der Waals surface area (Å²) >= 11 is 0. The number of imide groups is 1. The molecular weight excluding hydrogens is 298 g/mol. The van der Waals surface area contributed by atoms with Crippen LogP contribution in [0.5, 0.6) is 0 Å². The quantitative estimate of drug-likeness (QED) is 0.491. The Bertz CT molecular complexity index is 898. The zero-order valence-electron chi connectivity index (χ0n) is 11.7. The van der Waals surface area contributed by atoms with E-state index in [-0.39, 0.29) is 23.4 Å². The molecule has 3 rings (SSSR count). The standard InChI is InChI=1S/C16H9N3O4/c17-8-10-3-1-2-4-11(10)9-18-15(20)13-6-5-12(19(22)23)7-14(13)16(18)21/h1-7H,9H2. The van der Waals surface area contributed by atoms with Crippen molar-refractivity contribution in [2.75, 3.05) is 0 Å². The molecule has 0 bridgehead atoms. The fraction of sp³-hybridized carbons (Fsp3) is 0.0625. The van der Waals surface area contributed by atoms with E-state index in [1.54, 1.807) is 24.3 Å². The summed E-state index contributed by atoms with van der Waals surface area (Å²) in [7, 11) is 0. The molecule has 112 valence electrons. The number of nitrogens with zero attached hydrogens (tertiary/aromatic N) is 3. The van der Waals surface area contributed by atoms with Crippen LogP contribution in [0.4, 0.5) is 5.69 Å². The van der Waals surface area contributed by atoms with E-state index in [1.165, 1.54) is 12.1 Å².